The van der Waals surface area contributed by atoms with Crippen LogP contribution in [-0.2, 0) is 10.9 Å². The second kappa shape index (κ2) is 38.0. The molecule has 8 nitrogen and oxygen atoms in total. The highest BCUT2D eigenvalue weighted by atomic mass is 36.0. The maximum Gasteiger partial charge on any atom is 0.187 e. The van der Waals surface area contributed by atoms with E-state index in [-0.39, 0.29) is 28.7 Å². The van der Waals surface area contributed by atoms with Crippen LogP contribution in [0, 0.1) is 0 Å². The molecule has 2 heterocycles. The van der Waals surface area contributed by atoms with Crippen molar-refractivity contribution in [2.24, 2.45) is 0 Å². The van der Waals surface area contributed by atoms with Crippen LogP contribution in [0.25, 0.3) is 0 Å². The number of hydrogen-bond donors (Lipinski definition) is 5. The van der Waals surface area contributed by atoms with Gasteiger partial charge in [-0.25, -0.2) is 9.34 Å². The average molecular weight is 915 g/mol. The first kappa shape index (κ1) is 57.8. The molecule has 17 heteroatoms. The molecule has 0 bridgehead atoms. The van der Waals surface area contributed by atoms with Gasteiger partial charge in [-0.05, 0) is 107 Å². The maximum atomic E-state index is 8.53. The lowest BCUT2D eigenvalue weighted by Crippen LogP contribution is -2.30. The van der Waals surface area contributed by atoms with Crippen LogP contribution in [0.4, 0.5) is 5.69 Å². The molecule has 0 saturated carbocycles. The van der Waals surface area contributed by atoms with Crippen molar-refractivity contribution in [1.29, 1.82) is 0 Å². The lowest BCUT2D eigenvalue weighted by molar-refractivity contribution is 0.300. The third kappa shape index (κ3) is 32.1. The molecule has 0 aromatic heterocycles. The number of aliphatic hydroxyl groups excluding tert-OH is 1. The van der Waals surface area contributed by atoms with Gasteiger partial charge >= 0.3 is 0 Å². The van der Waals surface area contributed by atoms with Crippen LogP contribution in [0.2, 0.25) is 0 Å². The van der Waals surface area contributed by atoms with E-state index in [4.69, 9.17) is 79.0 Å². The van der Waals surface area contributed by atoms with Gasteiger partial charge in [-0.3, -0.25) is 0 Å². The Kier molecular flexibility index (Phi) is 41.4. The van der Waals surface area contributed by atoms with Gasteiger partial charge in [0.1, 0.15) is 0 Å². The first-order chi connectivity index (χ1) is 24.4. The minimum absolute atomic E-state index is 0. The Balaban J connectivity index is -0.000000653. The molecule has 2 unspecified atom stereocenters. The molecular weight excluding hydrogens is 847 g/mol. The predicted octanol–water partition coefficient (Wildman–Crippen LogP) is 11.3. The van der Waals surface area contributed by atoms with E-state index in [1.54, 1.807) is 0 Å². The van der Waals surface area contributed by atoms with Crippen molar-refractivity contribution in [2.75, 3.05) is 79.4 Å². The smallest absolute Gasteiger partial charge is 0.187 e. The summed E-state index contributed by atoms with van der Waals surface area (Å²) < 4.78 is 10.6. The molecule has 2 aliphatic heterocycles. The molecule has 2 aromatic carbocycles. The van der Waals surface area contributed by atoms with E-state index >= 15 is 0 Å². The zero-order valence-corrected chi connectivity index (χ0v) is 38.2. The fourth-order valence-electron chi connectivity index (χ4n) is 4.53. The van der Waals surface area contributed by atoms with E-state index in [2.05, 4.69) is 82.8 Å². The van der Waals surface area contributed by atoms with Crippen LogP contribution >= 0.6 is 91.1 Å². The highest BCUT2D eigenvalue weighted by molar-refractivity contribution is 8.20. The zero-order chi connectivity index (χ0) is 38.4. The lowest BCUT2D eigenvalue weighted by Gasteiger charge is -2.23. The SMILES string of the molecule is C.C.CC1CCC(C)P1Cl.CN1CCN(C)P1OCCCC(=S)Cc1ccccc1.CNCCNC.ClP(Cl)Cl.OCCNC(=S)Nc1ccccc1. The number of anilines is 1. The molecule has 2 aliphatic rings. The van der Waals surface area contributed by atoms with Crippen molar-refractivity contribution >= 4 is 107 Å². The van der Waals surface area contributed by atoms with Gasteiger partial charge in [0.2, 0.25) is 0 Å². The number of benzene rings is 2. The molecule has 2 atom stereocenters. The third-order valence-electron chi connectivity index (χ3n) is 7.28. The van der Waals surface area contributed by atoms with Crippen LogP contribution < -0.4 is 21.3 Å². The van der Waals surface area contributed by atoms with Gasteiger partial charge in [0, 0.05) is 44.8 Å². The molecule has 2 saturated heterocycles. The second-order valence-electron chi connectivity index (χ2n) is 11.6. The Morgan fingerprint density at radius 3 is 1.75 bits per heavy atom. The summed E-state index contributed by atoms with van der Waals surface area (Å²) in [5, 5.41) is 20.9. The Hall–Kier alpha value is 0.430. The van der Waals surface area contributed by atoms with Gasteiger partial charge in [-0.1, -0.05) is 134 Å². The molecule has 5 N–H and O–H groups in total. The van der Waals surface area contributed by atoms with E-state index in [1.807, 2.05) is 50.5 Å². The van der Waals surface area contributed by atoms with E-state index in [1.165, 1.54) is 18.4 Å². The number of likely N-dealkylation sites (N-methyl/N-ethyl adjacent to an activating group) is 4. The Morgan fingerprint density at radius 2 is 1.34 bits per heavy atom. The number of para-hydroxylation sites is 1. The lowest BCUT2D eigenvalue weighted by atomic mass is 10.1. The first-order valence-electron chi connectivity index (χ1n) is 17.0. The largest absolute Gasteiger partial charge is 0.395 e. The van der Waals surface area contributed by atoms with Gasteiger partial charge in [-0.2, -0.15) is 0 Å². The number of halogens is 4. The summed E-state index contributed by atoms with van der Waals surface area (Å²) in [6, 6.07) is 20.1. The molecule has 4 rings (SSSR count). The molecule has 308 valence electrons. The highest BCUT2D eigenvalue weighted by Crippen LogP contribution is 2.59. The van der Waals surface area contributed by atoms with Crippen molar-refractivity contribution < 1.29 is 9.63 Å². The van der Waals surface area contributed by atoms with E-state index < -0.39 is 14.4 Å². The molecule has 0 spiro atoms. The number of nitrogens with one attached hydrogen (secondary N) is 4. The van der Waals surface area contributed by atoms with Crippen LogP contribution in [0.1, 0.15) is 59.9 Å². The topological polar surface area (TPSA) is 84.1 Å². The van der Waals surface area contributed by atoms with Gasteiger partial charge in [0.25, 0.3) is 0 Å². The average Bonchev–Trinajstić information content (AvgIpc) is 3.59. The van der Waals surface area contributed by atoms with E-state index in [9.17, 15) is 0 Å². The number of hydrogen-bond acceptors (Lipinski definition) is 8. The van der Waals surface area contributed by atoms with Crippen molar-refractivity contribution in [3.8, 4) is 0 Å². The summed E-state index contributed by atoms with van der Waals surface area (Å²) in [7, 11) is 7.51. The van der Waals surface area contributed by atoms with E-state index in [0.717, 1.165) is 73.9 Å². The molecule has 0 amide bonds. The summed E-state index contributed by atoms with van der Waals surface area (Å²) in [6.45, 7) is 10.2. The monoisotopic (exact) mass is 912 g/mol. The fourth-order valence-corrected chi connectivity index (χ4v) is 9.03. The van der Waals surface area contributed by atoms with Crippen molar-refractivity contribution in [3.63, 3.8) is 0 Å². The maximum absolute atomic E-state index is 8.53. The van der Waals surface area contributed by atoms with Gasteiger partial charge < -0.3 is 30.9 Å². The third-order valence-corrected chi connectivity index (χ3v) is 14.1. The Bertz CT molecular complexity index is 1120. The van der Waals surface area contributed by atoms with Crippen molar-refractivity contribution in [2.45, 2.75) is 72.1 Å². The Labute approximate surface area is 357 Å². The quantitative estimate of drug-likeness (QED) is 0.0761. The van der Waals surface area contributed by atoms with Crippen molar-refractivity contribution in [3.05, 3.63) is 66.2 Å². The predicted molar refractivity (Wildman–Crippen MR) is 255 cm³/mol. The zero-order valence-electron chi connectivity index (χ0n) is 30.8. The summed E-state index contributed by atoms with van der Waals surface area (Å²) in [5.41, 5.74) is 3.89. The van der Waals surface area contributed by atoms with Crippen LogP contribution in [0.3, 0.4) is 0 Å². The molecule has 0 radical (unpaired) electrons. The number of aliphatic hydroxyl groups is 1. The molecule has 2 fully saturated rings. The van der Waals surface area contributed by atoms with Crippen LogP contribution in [-0.4, -0.2) is 110 Å². The number of nitrogens with zero attached hydrogens (tertiary/aromatic N) is 2. The Morgan fingerprint density at radius 1 is 0.868 bits per heavy atom. The minimum Gasteiger partial charge on any atom is -0.395 e. The normalized spacial score (nSPS) is 17.8. The summed E-state index contributed by atoms with van der Waals surface area (Å²) >= 11 is 31.1. The second-order valence-corrected chi connectivity index (χ2v) is 23.4. The van der Waals surface area contributed by atoms with Crippen LogP contribution in [0.5, 0.6) is 0 Å². The van der Waals surface area contributed by atoms with Gasteiger partial charge in [-0.15, -0.1) is 0 Å². The summed E-state index contributed by atoms with van der Waals surface area (Å²) in [6.07, 6.45) is 5.62. The highest BCUT2D eigenvalue weighted by Gasteiger charge is 2.28. The van der Waals surface area contributed by atoms with Gasteiger partial charge in [0.05, 0.1) is 13.2 Å². The molecular formula is C36H67Cl4N6O2P3S2. The standard InChI is InChI=1S/C15H23N2OPS.C9H12N2OS.C6H12ClP.C4H12N2.2CH4.Cl3P/c1-16-10-11-17(2)19(16)18-12-6-9-15(20)13-14-7-4-3-5-8-14;12-7-6-10-9(13)11-8-4-2-1-3-5-8;1-5-3-4-6(2)8(5)7;1-5-3-4-6-2;;;1-4(2)3/h3-5,7-8H,6,9-13H2,1-2H3;1-5,12H,6-7H2,(H2,10,11,13);5-6H,3-4H2,1-2H3;5-6H,3-4H2,1-2H3;2*1H4;. The summed E-state index contributed by atoms with van der Waals surface area (Å²) in [4.78, 5) is 1.13. The molecule has 53 heavy (non-hydrogen) atoms. The minimum atomic E-state index is -1.20. The summed E-state index contributed by atoms with van der Waals surface area (Å²) in [5.74, 6) is -1.20. The first-order valence-corrected chi connectivity index (χ1v) is 25.4. The molecule has 2 aromatic rings. The van der Waals surface area contributed by atoms with E-state index in [0.29, 0.717) is 11.7 Å². The van der Waals surface area contributed by atoms with Gasteiger partial charge in [0.15, 0.2) is 19.5 Å². The number of thiocarbonyl (C=S) groups is 2. The van der Waals surface area contributed by atoms with Crippen molar-refractivity contribution in [1.82, 2.24) is 25.3 Å². The number of rotatable bonds is 13. The van der Waals surface area contributed by atoms with Crippen LogP contribution in [0.15, 0.2) is 60.7 Å². The molecule has 0 aliphatic carbocycles. The fraction of sp³-hybridized carbons (Fsp3) is 0.611.